The van der Waals surface area contributed by atoms with Crippen LogP contribution in [0.1, 0.15) is 25.0 Å². The van der Waals surface area contributed by atoms with E-state index in [-0.39, 0.29) is 18.8 Å². The molecule has 3 nitrogen and oxygen atoms in total. The Morgan fingerprint density at radius 3 is 2.45 bits per heavy atom. The molecule has 20 heavy (non-hydrogen) atoms. The summed E-state index contributed by atoms with van der Waals surface area (Å²) in [5.74, 6) is -0.0242. The van der Waals surface area contributed by atoms with Gasteiger partial charge in [0.05, 0.1) is 16.6 Å². The van der Waals surface area contributed by atoms with Gasteiger partial charge in [0.15, 0.2) is 9.84 Å². The van der Waals surface area contributed by atoms with Crippen LogP contribution in [0.5, 0.6) is 0 Å². The molecule has 0 saturated carbocycles. The fourth-order valence-electron chi connectivity index (χ4n) is 1.54. The summed E-state index contributed by atoms with van der Waals surface area (Å²) < 4.78 is 60.6. The van der Waals surface area contributed by atoms with Crippen LogP contribution in [0.15, 0.2) is 24.3 Å². The Balaban J connectivity index is 2.52. The molecule has 0 atom stereocenters. The predicted octanol–water partition coefficient (Wildman–Crippen LogP) is 2.62. The molecule has 1 N–H and O–H groups in total. The molecule has 114 valence electrons. The van der Waals surface area contributed by atoms with Crippen LogP contribution in [0.25, 0.3) is 0 Å². The Morgan fingerprint density at radius 1 is 1.25 bits per heavy atom. The molecule has 0 saturated heterocycles. The van der Waals surface area contributed by atoms with Crippen LogP contribution in [0.3, 0.4) is 0 Å². The van der Waals surface area contributed by atoms with Gasteiger partial charge < -0.3 is 5.32 Å². The van der Waals surface area contributed by atoms with Crippen molar-refractivity contribution in [3.05, 3.63) is 35.4 Å². The first-order chi connectivity index (χ1) is 9.13. The van der Waals surface area contributed by atoms with E-state index in [0.29, 0.717) is 5.56 Å². The molecule has 7 heteroatoms. The topological polar surface area (TPSA) is 46.2 Å². The maximum Gasteiger partial charge on any atom is 0.416 e. The third-order valence-corrected chi connectivity index (χ3v) is 5.07. The number of hydrogen-bond acceptors (Lipinski definition) is 3. The van der Waals surface area contributed by atoms with Crippen molar-refractivity contribution >= 4 is 9.84 Å². The quantitative estimate of drug-likeness (QED) is 0.822. The first kappa shape index (κ1) is 17.0. The molecule has 1 aromatic rings. The molecule has 0 heterocycles. The van der Waals surface area contributed by atoms with E-state index in [2.05, 4.69) is 5.32 Å². The number of hydrogen-bond donors (Lipinski definition) is 1. The van der Waals surface area contributed by atoms with Crippen molar-refractivity contribution in [1.82, 2.24) is 5.32 Å². The van der Waals surface area contributed by atoms with E-state index in [9.17, 15) is 21.6 Å². The normalized spacial score (nSPS) is 12.9. The van der Waals surface area contributed by atoms with Crippen LogP contribution in [-0.4, -0.2) is 26.0 Å². The predicted molar refractivity (Wildman–Crippen MR) is 72.1 cm³/mol. The van der Waals surface area contributed by atoms with Crippen molar-refractivity contribution in [2.75, 3.05) is 12.3 Å². The smallest absolute Gasteiger partial charge is 0.312 e. The fourth-order valence-corrected chi connectivity index (χ4v) is 2.44. The average Bonchev–Trinajstić information content (AvgIpc) is 2.34. The fraction of sp³-hybridized carbons (Fsp3) is 0.538. The van der Waals surface area contributed by atoms with Crippen LogP contribution in [0.2, 0.25) is 0 Å². The van der Waals surface area contributed by atoms with Gasteiger partial charge in [0.25, 0.3) is 0 Å². The van der Waals surface area contributed by atoms with Crippen molar-refractivity contribution in [1.29, 1.82) is 0 Å². The second-order valence-electron chi connectivity index (χ2n) is 4.79. The summed E-state index contributed by atoms with van der Waals surface area (Å²) in [6.45, 7) is 3.62. The molecule has 0 aliphatic rings. The third-order valence-electron chi connectivity index (χ3n) is 2.87. The SMILES string of the molecule is CC(C)S(=O)(=O)CCNCc1cccc(C(F)(F)F)c1. The molecule has 0 aliphatic carbocycles. The molecule has 1 rings (SSSR count). The van der Waals surface area contributed by atoms with Crippen LogP contribution in [0.4, 0.5) is 13.2 Å². The molecule has 0 bridgehead atoms. The molecule has 0 radical (unpaired) electrons. The molecule has 0 spiro atoms. The minimum Gasteiger partial charge on any atom is -0.312 e. The summed E-state index contributed by atoms with van der Waals surface area (Å²) in [7, 11) is -3.13. The summed E-state index contributed by atoms with van der Waals surface area (Å²) >= 11 is 0. The number of alkyl halides is 3. The lowest BCUT2D eigenvalue weighted by molar-refractivity contribution is -0.137. The van der Waals surface area contributed by atoms with Crippen molar-refractivity contribution < 1.29 is 21.6 Å². The molecule has 0 aromatic heterocycles. The number of sulfone groups is 1. The van der Waals surface area contributed by atoms with Gasteiger partial charge in [-0.15, -0.1) is 0 Å². The Hall–Kier alpha value is -1.08. The summed E-state index contributed by atoms with van der Waals surface area (Å²) in [6.07, 6.45) is -4.36. The van der Waals surface area contributed by atoms with Gasteiger partial charge in [0.1, 0.15) is 0 Å². The maximum absolute atomic E-state index is 12.5. The van der Waals surface area contributed by atoms with Crippen molar-refractivity contribution in [2.45, 2.75) is 31.8 Å². The van der Waals surface area contributed by atoms with Crippen molar-refractivity contribution in [3.63, 3.8) is 0 Å². The van der Waals surface area contributed by atoms with Gasteiger partial charge in [-0.2, -0.15) is 13.2 Å². The summed E-state index contributed by atoms with van der Waals surface area (Å²) in [5, 5.41) is 2.40. The molecule has 0 fully saturated rings. The number of halogens is 3. The van der Waals surface area contributed by atoms with Crippen LogP contribution in [0, 0.1) is 0 Å². The van der Waals surface area contributed by atoms with Crippen LogP contribution >= 0.6 is 0 Å². The Bertz CT molecular complexity index is 539. The van der Waals surface area contributed by atoms with E-state index in [0.717, 1.165) is 12.1 Å². The first-order valence-electron chi connectivity index (χ1n) is 6.21. The standard InChI is InChI=1S/C13H18F3NO2S/c1-10(2)20(18,19)7-6-17-9-11-4-3-5-12(8-11)13(14,15)16/h3-5,8,10,17H,6-7,9H2,1-2H3. The second-order valence-corrected chi connectivity index (χ2v) is 7.47. The molecular weight excluding hydrogens is 291 g/mol. The average molecular weight is 309 g/mol. The van der Waals surface area contributed by atoms with E-state index in [1.54, 1.807) is 19.9 Å². The summed E-state index contributed by atoms with van der Waals surface area (Å²) in [6, 6.07) is 4.97. The monoisotopic (exact) mass is 309 g/mol. The van der Waals surface area contributed by atoms with E-state index >= 15 is 0 Å². The van der Waals surface area contributed by atoms with Crippen LogP contribution in [-0.2, 0) is 22.6 Å². The highest BCUT2D eigenvalue weighted by molar-refractivity contribution is 7.92. The number of benzene rings is 1. The Kier molecular flexibility index (Phi) is 5.59. The van der Waals surface area contributed by atoms with Gasteiger partial charge in [-0.1, -0.05) is 18.2 Å². The zero-order valence-electron chi connectivity index (χ0n) is 11.4. The van der Waals surface area contributed by atoms with Gasteiger partial charge in [0.2, 0.25) is 0 Å². The lowest BCUT2D eigenvalue weighted by Crippen LogP contribution is -2.27. The maximum atomic E-state index is 12.5. The molecule has 1 aromatic carbocycles. The van der Waals surface area contributed by atoms with E-state index in [1.807, 2.05) is 0 Å². The van der Waals surface area contributed by atoms with E-state index in [1.165, 1.54) is 6.07 Å². The molecular formula is C13H18F3NO2S. The largest absolute Gasteiger partial charge is 0.416 e. The Labute approximate surface area is 117 Å². The number of nitrogens with one attached hydrogen (secondary N) is 1. The molecule has 0 amide bonds. The van der Waals surface area contributed by atoms with Gasteiger partial charge in [-0.05, 0) is 25.5 Å². The van der Waals surface area contributed by atoms with E-state index in [4.69, 9.17) is 0 Å². The highest BCUT2D eigenvalue weighted by Gasteiger charge is 2.30. The zero-order valence-corrected chi connectivity index (χ0v) is 12.2. The van der Waals surface area contributed by atoms with Crippen molar-refractivity contribution in [2.24, 2.45) is 0 Å². The van der Waals surface area contributed by atoms with Crippen molar-refractivity contribution in [3.8, 4) is 0 Å². The van der Waals surface area contributed by atoms with E-state index < -0.39 is 26.8 Å². The lowest BCUT2D eigenvalue weighted by atomic mass is 10.1. The second kappa shape index (κ2) is 6.58. The number of rotatable bonds is 6. The minimum atomic E-state index is -4.36. The zero-order chi connectivity index (χ0) is 15.4. The molecule has 0 aliphatic heterocycles. The summed E-state index contributed by atoms with van der Waals surface area (Å²) in [5.41, 5.74) is -0.228. The molecule has 0 unspecified atom stereocenters. The van der Waals surface area contributed by atoms with Gasteiger partial charge in [-0.3, -0.25) is 0 Å². The third kappa shape index (κ3) is 5.13. The first-order valence-corrected chi connectivity index (χ1v) is 7.93. The minimum absolute atomic E-state index is 0.0242. The Morgan fingerprint density at radius 2 is 1.90 bits per heavy atom. The summed E-state index contributed by atoms with van der Waals surface area (Å²) in [4.78, 5) is 0. The van der Waals surface area contributed by atoms with Gasteiger partial charge >= 0.3 is 6.18 Å². The van der Waals surface area contributed by atoms with Crippen LogP contribution < -0.4 is 5.32 Å². The highest BCUT2D eigenvalue weighted by atomic mass is 32.2. The van der Waals surface area contributed by atoms with Gasteiger partial charge in [0, 0.05) is 13.1 Å². The highest BCUT2D eigenvalue weighted by Crippen LogP contribution is 2.29. The lowest BCUT2D eigenvalue weighted by Gasteiger charge is -2.10. The van der Waals surface area contributed by atoms with Gasteiger partial charge in [-0.25, -0.2) is 8.42 Å².